The van der Waals surface area contributed by atoms with Crippen molar-refractivity contribution in [2.45, 2.75) is 31.3 Å². The van der Waals surface area contributed by atoms with Crippen LogP contribution in [-0.2, 0) is 26.2 Å². The number of halogens is 2. The van der Waals surface area contributed by atoms with Crippen molar-refractivity contribution < 1.29 is 22.7 Å². The Morgan fingerprint density at radius 2 is 1.53 bits per heavy atom. The lowest BCUT2D eigenvalue weighted by molar-refractivity contribution is -0.139. The number of nitrogens with zero attached hydrogens (tertiary/aromatic N) is 2. The van der Waals surface area contributed by atoms with E-state index >= 15 is 0 Å². The number of rotatable bonds is 11. The normalized spacial score (nSPS) is 11.9. The van der Waals surface area contributed by atoms with Gasteiger partial charge in [-0.15, -0.1) is 0 Å². The maximum absolute atomic E-state index is 13.9. The van der Waals surface area contributed by atoms with Gasteiger partial charge in [0.25, 0.3) is 10.0 Å². The standard InChI is InChI=1S/C27H29Cl2N3O5S/c1-4-37-25-8-6-5-7-24(25)32(38(35,36)23-15-13-22(29)14-16-23)18-26(33)31(19(2)27(34)30-3)17-20-9-11-21(28)12-10-20/h5-16,19H,4,17-18H2,1-3H3,(H,30,34)/t19-/m0/s1. The minimum Gasteiger partial charge on any atom is -0.492 e. The summed E-state index contributed by atoms with van der Waals surface area (Å²) in [6, 6.07) is 18.2. The lowest BCUT2D eigenvalue weighted by atomic mass is 10.1. The number of carbonyl (C=O) groups excluding carboxylic acids is 2. The number of para-hydroxylation sites is 2. The van der Waals surface area contributed by atoms with Crippen LogP contribution in [0.25, 0.3) is 0 Å². The number of anilines is 1. The summed E-state index contributed by atoms with van der Waals surface area (Å²) in [4.78, 5) is 27.6. The second-order valence-electron chi connectivity index (χ2n) is 8.30. The number of hydrogen-bond donors (Lipinski definition) is 1. The second kappa shape index (κ2) is 13.0. The first-order chi connectivity index (χ1) is 18.1. The van der Waals surface area contributed by atoms with E-state index in [1.807, 2.05) is 0 Å². The molecule has 0 unspecified atom stereocenters. The van der Waals surface area contributed by atoms with E-state index in [2.05, 4.69) is 5.32 Å². The zero-order chi connectivity index (χ0) is 27.9. The Kier molecular flexibility index (Phi) is 10.0. The molecule has 3 aromatic carbocycles. The molecule has 0 heterocycles. The van der Waals surface area contributed by atoms with E-state index in [0.717, 1.165) is 9.87 Å². The van der Waals surface area contributed by atoms with Gasteiger partial charge in [-0.1, -0.05) is 47.5 Å². The third-order valence-corrected chi connectivity index (χ3v) is 8.07. The van der Waals surface area contributed by atoms with Gasteiger partial charge in [0, 0.05) is 23.6 Å². The first-order valence-corrected chi connectivity index (χ1v) is 14.0. The molecular weight excluding hydrogens is 549 g/mol. The summed E-state index contributed by atoms with van der Waals surface area (Å²) in [6.07, 6.45) is 0. The number of ether oxygens (including phenoxy) is 1. The Morgan fingerprint density at radius 3 is 2.11 bits per heavy atom. The highest BCUT2D eigenvalue weighted by molar-refractivity contribution is 7.92. The minimum absolute atomic E-state index is 0.0513. The Balaban J connectivity index is 2.08. The highest BCUT2D eigenvalue weighted by Gasteiger charge is 2.33. The summed E-state index contributed by atoms with van der Waals surface area (Å²) in [5.74, 6) is -0.682. The average Bonchev–Trinajstić information content (AvgIpc) is 2.91. The van der Waals surface area contributed by atoms with Gasteiger partial charge in [0.15, 0.2) is 0 Å². The number of nitrogens with one attached hydrogen (secondary N) is 1. The Hall–Kier alpha value is -3.27. The van der Waals surface area contributed by atoms with Crippen LogP contribution in [0.1, 0.15) is 19.4 Å². The second-order valence-corrected chi connectivity index (χ2v) is 11.0. The predicted octanol–water partition coefficient (Wildman–Crippen LogP) is 4.75. The van der Waals surface area contributed by atoms with Crippen LogP contribution in [0.15, 0.2) is 77.7 Å². The molecule has 0 fully saturated rings. The Labute approximate surface area is 233 Å². The highest BCUT2D eigenvalue weighted by Crippen LogP contribution is 2.33. The number of likely N-dealkylation sites (N-methyl/N-ethyl adjacent to an activating group) is 1. The zero-order valence-electron chi connectivity index (χ0n) is 21.2. The molecular formula is C27H29Cl2N3O5S. The molecule has 0 spiro atoms. The van der Waals surface area contributed by atoms with Crippen molar-refractivity contribution in [1.29, 1.82) is 0 Å². The van der Waals surface area contributed by atoms with Gasteiger partial charge in [-0.25, -0.2) is 8.42 Å². The van der Waals surface area contributed by atoms with E-state index in [1.165, 1.54) is 36.2 Å². The molecule has 38 heavy (non-hydrogen) atoms. The summed E-state index contributed by atoms with van der Waals surface area (Å²) in [7, 11) is -2.77. The fourth-order valence-electron chi connectivity index (χ4n) is 3.77. The minimum atomic E-state index is -4.24. The smallest absolute Gasteiger partial charge is 0.264 e. The Morgan fingerprint density at radius 1 is 0.947 bits per heavy atom. The summed E-state index contributed by atoms with van der Waals surface area (Å²) < 4.78 is 34.4. The molecule has 3 rings (SSSR count). The molecule has 0 aliphatic rings. The zero-order valence-corrected chi connectivity index (χ0v) is 23.6. The third kappa shape index (κ3) is 6.98. The van der Waals surface area contributed by atoms with E-state index < -0.39 is 34.4 Å². The number of hydrogen-bond acceptors (Lipinski definition) is 5. The average molecular weight is 579 g/mol. The molecule has 2 amide bonds. The number of sulfonamides is 1. The van der Waals surface area contributed by atoms with Crippen molar-refractivity contribution in [3.05, 3.63) is 88.4 Å². The number of amides is 2. The van der Waals surface area contributed by atoms with Gasteiger partial charge in [-0.3, -0.25) is 13.9 Å². The van der Waals surface area contributed by atoms with Crippen molar-refractivity contribution in [3.63, 3.8) is 0 Å². The van der Waals surface area contributed by atoms with Crippen LogP contribution >= 0.6 is 23.2 Å². The maximum Gasteiger partial charge on any atom is 0.264 e. The summed E-state index contributed by atoms with van der Waals surface area (Å²) in [5, 5.41) is 3.45. The maximum atomic E-state index is 13.9. The third-order valence-electron chi connectivity index (χ3n) is 5.79. The molecule has 0 aliphatic heterocycles. The molecule has 3 aromatic rings. The Bertz CT molecular complexity index is 1370. The van der Waals surface area contributed by atoms with E-state index in [9.17, 15) is 18.0 Å². The molecule has 202 valence electrons. The molecule has 11 heteroatoms. The predicted molar refractivity (Wildman–Crippen MR) is 149 cm³/mol. The lowest BCUT2D eigenvalue weighted by Crippen LogP contribution is -2.50. The van der Waals surface area contributed by atoms with E-state index in [-0.39, 0.29) is 23.7 Å². The van der Waals surface area contributed by atoms with Crippen LogP contribution in [0.5, 0.6) is 5.75 Å². The van der Waals surface area contributed by atoms with Crippen LogP contribution in [-0.4, -0.2) is 51.4 Å². The molecule has 0 radical (unpaired) electrons. The first kappa shape index (κ1) is 29.3. The molecule has 0 saturated carbocycles. The van der Waals surface area contributed by atoms with Crippen molar-refractivity contribution in [1.82, 2.24) is 10.2 Å². The fourth-order valence-corrected chi connectivity index (χ4v) is 5.44. The summed E-state index contributed by atoms with van der Waals surface area (Å²) >= 11 is 12.0. The summed E-state index contributed by atoms with van der Waals surface area (Å²) in [6.45, 7) is 3.13. The molecule has 0 aromatic heterocycles. The van der Waals surface area contributed by atoms with Crippen LogP contribution in [0.2, 0.25) is 10.0 Å². The molecule has 0 bridgehead atoms. The molecule has 8 nitrogen and oxygen atoms in total. The lowest BCUT2D eigenvalue weighted by Gasteiger charge is -2.32. The number of carbonyl (C=O) groups is 2. The molecule has 1 atom stereocenters. The quantitative estimate of drug-likeness (QED) is 0.354. The van der Waals surface area contributed by atoms with Crippen LogP contribution in [0, 0.1) is 0 Å². The number of benzene rings is 3. The van der Waals surface area contributed by atoms with Gasteiger partial charge in [-0.2, -0.15) is 0 Å². The topological polar surface area (TPSA) is 96.0 Å². The summed E-state index contributed by atoms with van der Waals surface area (Å²) in [5.41, 5.74) is 0.914. The van der Waals surface area contributed by atoms with Gasteiger partial charge < -0.3 is 15.0 Å². The monoisotopic (exact) mass is 577 g/mol. The molecule has 0 saturated heterocycles. The van der Waals surface area contributed by atoms with Gasteiger partial charge in [0.05, 0.1) is 17.2 Å². The van der Waals surface area contributed by atoms with Crippen molar-refractivity contribution in [2.75, 3.05) is 24.5 Å². The van der Waals surface area contributed by atoms with Crippen molar-refractivity contribution in [2.24, 2.45) is 0 Å². The fraction of sp³-hybridized carbons (Fsp3) is 0.259. The van der Waals surface area contributed by atoms with E-state index in [1.54, 1.807) is 62.4 Å². The van der Waals surface area contributed by atoms with Gasteiger partial charge in [0.1, 0.15) is 18.3 Å². The highest BCUT2D eigenvalue weighted by atomic mass is 35.5. The van der Waals surface area contributed by atoms with Gasteiger partial charge in [0.2, 0.25) is 11.8 Å². The van der Waals surface area contributed by atoms with Crippen molar-refractivity contribution >= 4 is 50.7 Å². The van der Waals surface area contributed by atoms with Gasteiger partial charge in [-0.05, 0) is 67.9 Å². The largest absolute Gasteiger partial charge is 0.492 e. The van der Waals surface area contributed by atoms with Crippen LogP contribution in [0.4, 0.5) is 5.69 Å². The SMILES string of the molecule is CCOc1ccccc1N(CC(=O)N(Cc1ccc(Cl)cc1)[C@@H](C)C(=O)NC)S(=O)(=O)c1ccc(Cl)cc1. The van der Waals surface area contributed by atoms with Crippen molar-refractivity contribution in [3.8, 4) is 5.75 Å². The van der Waals surface area contributed by atoms with E-state index in [4.69, 9.17) is 27.9 Å². The van der Waals surface area contributed by atoms with E-state index in [0.29, 0.717) is 15.8 Å². The van der Waals surface area contributed by atoms with Gasteiger partial charge >= 0.3 is 0 Å². The molecule has 0 aliphatic carbocycles. The van der Waals surface area contributed by atoms with Crippen LogP contribution < -0.4 is 14.4 Å². The molecule has 1 N–H and O–H groups in total. The first-order valence-electron chi connectivity index (χ1n) is 11.8. The van der Waals surface area contributed by atoms with Crippen LogP contribution in [0.3, 0.4) is 0 Å².